The number of hydrogen-bond acceptors (Lipinski definition) is 7. The molecule has 2 unspecified atom stereocenters. The van der Waals surface area contributed by atoms with E-state index in [1.54, 1.807) is 0 Å². The first-order chi connectivity index (χ1) is 11.2. The SMILES string of the molecule is CCC(C)COC(=O)CC[C@H](CC(=O)OCC1CO1)OC(C)(C)O. The second-order valence-electron chi connectivity index (χ2n) is 6.76. The van der Waals surface area contributed by atoms with Gasteiger partial charge in [0.15, 0.2) is 5.79 Å². The second-order valence-corrected chi connectivity index (χ2v) is 6.76. The molecular weight excluding hydrogens is 316 g/mol. The van der Waals surface area contributed by atoms with Crippen LogP contribution in [0.5, 0.6) is 0 Å². The van der Waals surface area contributed by atoms with E-state index >= 15 is 0 Å². The first-order valence-electron chi connectivity index (χ1n) is 8.52. The molecule has 1 saturated heterocycles. The van der Waals surface area contributed by atoms with Crippen molar-refractivity contribution in [3.63, 3.8) is 0 Å². The van der Waals surface area contributed by atoms with Crippen LogP contribution in [-0.4, -0.2) is 54.9 Å². The fourth-order valence-corrected chi connectivity index (χ4v) is 1.91. The molecule has 0 bridgehead atoms. The van der Waals surface area contributed by atoms with Crippen LogP contribution in [0.4, 0.5) is 0 Å². The maximum absolute atomic E-state index is 11.8. The highest BCUT2D eigenvalue weighted by molar-refractivity contribution is 5.71. The number of ether oxygens (including phenoxy) is 4. The number of aliphatic hydroxyl groups is 1. The Hall–Kier alpha value is -1.18. The normalized spacial score (nSPS) is 19.5. The van der Waals surface area contributed by atoms with E-state index in [0.29, 0.717) is 19.1 Å². The summed E-state index contributed by atoms with van der Waals surface area (Å²) >= 11 is 0. The molecule has 0 aromatic heterocycles. The minimum Gasteiger partial charge on any atom is -0.465 e. The van der Waals surface area contributed by atoms with Crippen LogP contribution in [0, 0.1) is 5.92 Å². The molecule has 7 heteroatoms. The summed E-state index contributed by atoms with van der Waals surface area (Å²) in [5, 5.41) is 9.79. The summed E-state index contributed by atoms with van der Waals surface area (Å²) in [4.78, 5) is 23.6. The third-order valence-corrected chi connectivity index (χ3v) is 3.58. The molecule has 0 aliphatic carbocycles. The summed E-state index contributed by atoms with van der Waals surface area (Å²) in [7, 11) is 0. The fraction of sp³-hybridized carbons (Fsp3) is 0.882. The van der Waals surface area contributed by atoms with Crippen LogP contribution < -0.4 is 0 Å². The lowest BCUT2D eigenvalue weighted by atomic mass is 10.1. The smallest absolute Gasteiger partial charge is 0.308 e. The van der Waals surface area contributed by atoms with Gasteiger partial charge < -0.3 is 24.1 Å². The van der Waals surface area contributed by atoms with Crippen molar-refractivity contribution in [2.75, 3.05) is 19.8 Å². The van der Waals surface area contributed by atoms with Crippen molar-refractivity contribution >= 4 is 11.9 Å². The van der Waals surface area contributed by atoms with E-state index in [1.807, 2.05) is 13.8 Å². The standard InChI is InChI=1S/C17H30O7/c1-5-12(2)9-22-15(18)7-6-13(24-17(3,4)20)8-16(19)23-11-14-10-21-14/h12-14,20H,5-11H2,1-4H3/t12?,13-,14?/m1/s1. The van der Waals surface area contributed by atoms with Crippen molar-refractivity contribution in [2.45, 2.75) is 71.4 Å². The van der Waals surface area contributed by atoms with Crippen molar-refractivity contribution in [2.24, 2.45) is 5.92 Å². The molecule has 0 aromatic carbocycles. The highest BCUT2D eigenvalue weighted by atomic mass is 16.6. The van der Waals surface area contributed by atoms with Crippen LogP contribution in [0.1, 0.15) is 53.4 Å². The quantitative estimate of drug-likeness (QED) is 0.327. The molecule has 1 aliphatic rings. The molecule has 1 fully saturated rings. The van der Waals surface area contributed by atoms with Gasteiger partial charge in [-0.05, 0) is 26.2 Å². The van der Waals surface area contributed by atoms with E-state index in [1.165, 1.54) is 13.8 Å². The molecule has 1 heterocycles. The minimum absolute atomic E-state index is 0.00173. The summed E-state index contributed by atoms with van der Waals surface area (Å²) in [6, 6.07) is 0. The van der Waals surface area contributed by atoms with Gasteiger partial charge in [0.2, 0.25) is 0 Å². The number of rotatable bonds is 12. The lowest BCUT2D eigenvalue weighted by molar-refractivity contribution is -0.211. The van der Waals surface area contributed by atoms with Crippen molar-refractivity contribution in [1.82, 2.24) is 0 Å². The van der Waals surface area contributed by atoms with E-state index < -0.39 is 17.9 Å². The molecule has 0 spiro atoms. The summed E-state index contributed by atoms with van der Waals surface area (Å²) in [5.41, 5.74) is 0. The van der Waals surface area contributed by atoms with E-state index in [4.69, 9.17) is 18.9 Å². The third-order valence-electron chi connectivity index (χ3n) is 3.58. The average molecular weight is 346 g/mol. The Labute approximate surface area is 143 Å². The van der Waals surface area contributed by atoms with Crippen molar-refractivity contribution < 1.29 is 33.6 Å². The average Bonchev–Trinajstić information content (AvgIpc) is 3.31. The Morgan fingerprint density at radius 1 is 1.29 bits per heavy atom. The number of esters is 2. The van der Waals surface area contributed by atoms with Crippen LogP contribution in [0.3, 0.4) is 0 Å². The van der Waals surface area contributed by atoms with E-state index in [9.17, 15) is 14.7 Å². The Kier molecular flexibility index (Phi) is 8.66. The molecule has 0 radical (unpaired) electrons. The largest absolute Gasteiger partial charge is 0.465 e. The van der Waals surface area contributed by atoms with Gasteiger partial charge in [0.05, 0.1) is 25.7 Å². The molecule has 24 heavy (non-hydrogen) atoms. The van der Waals surface area contributed by atoms with E-state index in [2.05, 4.69) is 0 Å². The van der Waals surface area contributed by atoms with Crippen LogP contribution in [0.2, 0.25) is 0 Å². The van der Waals surface area contributed by atoms with Crippen LogP contribution in [0.25, 0.3) is 0 Å². The molecule has 3 atom stereocenters. The zero-order valence-corrected chi connectivity index (χ0v) is 15.1. The van der Waals surface area contributed by atoms with Gasteiger partial charge in [0.25, 0.3) is 0 Å². The van der Waals surface area contributed by atoms with Crippen LogP contribution >= 0.6 is 0 Å². The molecule has 1 aliphatic heterocycles. The highest BCUT2D eigenvalue weighted by Gasteiger charge is 2.27. The van der Waals surface area contributed by atoms with Gasteiger partial charge in [-0.2, -0.15) is 0 Å². The second kappa shape index (κ2) is 9.96. The first-order valence-corrected chi connectivity index (χ1v) is 8.52. The zero-order valence-electron chi connectivity index (χ0n) is 15.1. The minimum atomic E-state index is -1.40. The fourth-order valence-electron chi connectivity index (χ4n) is 1.91. The zero-order chi connectivity index (χ0) is 18.2. The maximum Gasteiger partial charge on any atom is 0.308 e. The molecule has 7 nitrogen and oxygen atoms in total. The number of carbonyl (C=O) groups is 2. The summed E-state index contributed by atoms with van der Waals surface area (Å²) in [6.07, 6.45) is 0.685. The number of carbonyl (C=O) groups excluding carboxylic acids is 2. The van der Waals surface area contributed by atoms with Gasteiger partial charge in [-0.1, -0.05) is 20.3 Å². The van der Waals surface area contributed by atoms with Crippen LogP contribution in [-0.2, 0) is 28.5 Å². The van der Waals surface area contributed by atoms with Crippen LogP contribution in [0.15, 0.2) is 0 Å². The van der Waals surface area contributed by atoms with Gasteiger partial charge >= 0.3 is 11.9 Å². The van der Waals surface area contributed by atoms with Crippen molar-refractivity contribution in [1.29, 1.82) is 0 Å². The van der Waals surface area contributed by atoms with Crippen molar-refractivity contribution in [3.05, 3.63) is 0 Å². The van der Waals surface area contributed by atoms with Gasteiger partial charge in [0.1, 0.15) is 12.7 Å². The third kappa shape index (κ3) is 10.6. The number of hydrogen-bond donors (Lipinski definition) is 1. The Morgan fingerprint density at radius 2 is 1.96 bits per heavy atom. The summed E-state index contributed by atoms with van der Waals surface area (Å²) in [6.45, 7) is 8.21. The molecule has 0 aromatic rings. The van der Waals surface area contributed by atoms with Crippen molar-refractivity contribution in [3.8, 4) is 0 Å². The lowest BCUT2D eigenvalue weighted by Gasteiger charge is -2.25. The van der Waals surface area contributed by atoms with Gasteiger partial charge in [-0.25, -0.2) is 0 Å². The Balaban J connectivity index is 2.36. The Morgan fingerprint density at radius 3 is 2.50 bits per heavy atom. The predicted molar refractivity (Wildman–Crippen MR) is 86.1 cm³/mol. The van der Waals surface area contributed by atoms with Gasteiger partial charge in [-0.15, -0.1) is 0 Å². The summed E-state index contributed by atoms with van der Waals surface area (Å²) < 4.78 is 20.7. The molecule has 0 saturated carbocycles. The Bertz CT molecular complexity index is 398. The molecular formula is C17H30O7. The molecule has 140 valence electrons. The van der Waals surface area contributed by atoms with Gasteiger partial charge in [-0.3, -0.25) is 9.59 Å². The van der Waals surface area contributed by atoms with E-state index in [-0.39, 0.29) is 37.9 Å². The molecule has 1 rings (SSSR count). The highest BCUT2D eigenvalue weighted by Crippen LogP contribution is 2.17. The molecule has 1 N–H and O–H groups in total. The number of epoxide rings is 1. The van der Waals surface area contributed by atoms with Gasteiger partial charge in [0, 0.05) is 6.42 Å². The predicted octanol–water partition coefficient (Wildman–Crippen LogP) is 1.80. The van der Waals surface area contributed by atoms with E-state index in [0.717, 1.165) is 6.42 Å². The maximum atomic E-state index is 11.8. The lowest BCUT2D eigenvalue weighted by Crippen LogP contribution is -2.32. The molecule has 0 amide bonds. The first kappa shape index (κ1) is 20.9. The topological polar surface area (TPSA) is 94.6 Å². The summed E-state index contributed by atoms with van der Waals surface area (Å²) in [5.74, 6) is -1.85. The monoisotopic (exact) mass is 346 g/mol.